The first kappa shape index (κ1) is 21.7. The van der Waals surface area contributed by atoms with E-state index in [1.54, 1.807) is 25.1 Å². The van der Waals surface area contributed by atoms with Crippen LogP contribution >= 0.6 is 0 Å². The van der Waals surface area contributed by atoms with Crippen molar-refractivity contribution in [2.24, 2.45) is 0 Å². The van der Waals surface area contributed by atoms with Gasteiger partial charge in [-0.05, 0) is 49.7 Å². The Kier molecular flexibility index (Phi) is 7.59. The summed E-state index contributed by atoms with van der Waals surface area (Å²) in [6.45, 7) is 3.50. The lowest BCUT2D eigenvalue weighted by molar-refractivity contribution is -0.119. The van der Waals surface area contributed by atoms with E-state index in [1.807, 2.05) is 6.92 Å². The summed E-state index contributed by atoms with van der Waals surface area (Å²) in [5.74, 6) is -0.839. The summed E-state index contributed by atoms with van der Waals surface area (Å²) in [6, 6.07) is 9.37. The summed E-state index contributed by atoms with van der Waals surface area (Å²) in [6.07, 6.45) is 0. The fourth-order valence-corrected chi connectivity index (χ4v) is 2.47. The number of amides is 1. The number of hydrogen-bond donors (Lipinski definition) is 1. The maximum Gasteiger partial charge on any atom is 0.338 e. The van der Waals surface area contributed by atoms with E-state index in [9.17, 15) is 14.4 Å². The zero-order valence-corrected chi connectivity index (χ0v) is 16.7. The molecule has 0 aliphatic heterocycles. The van der Waals surface area contributed by atoms with E-state index >= 15 is 0 Å². The Labute approximate surface area is 168 Å². The smallest absolute Gasteiger partial charge is 0.338 e. The zero-order chi connectivity index (χ0) is 21.4. The Hall–Kier alpha value is -3.55. The number of anilines is 1. The number of carbonyl (C=O) groups is 3. The van der Waals surface area contributed by atoms with Crippen LogP contribution in [0.15, 0.2) is 36.4 Å². The summed E-state index contributed by atoms with van der Waals surface area (Å²) in [5, 5.41) is 2.62. The number of hydrogen-bond acceptors (Lipinski definition) is 7. The van der Waals surface area contributed by atoms with Crippen molar-refractivity contribution in [1.82, 2.24) is 0 Å². The summed E-state index contributed by atoms with van der Waals surface area (Å²) < 4.78 is 20.3. The van der Waals surface area contributed by atoms with Crippen molar-refractivity contribution >= 4 is 23.5 Å². The van der Waals surface area contributed by atoms with Gasteiger partial charge in [-0.2, -0.15) is 0 Å². The molecule has 0 spiro atoms. The molecule has 8 nitrogen and oxygen atoms in total. The average molecular weight is 401 g/mol. The first-order valence-electron chi connectivity index (χ1n) is 8.86. The second-order valence-electron chi connectivity index (χ2n) is 5.94. The molecule has 0 heterocycles. The molecule has 0 saturated carbocycles. The maximum absolute atomic E-state index is 12.2. The summed E-state index contributed by atoms with van der Waals surface area (Å²) in [4.78, 5) is 36.0. The van der Waals surface area contributed by atoms with Gasteiger partial charge in [0.05, 0.1) is 32.0 Å². The number of ether oxygens (including phenoxy) is 4. The predicted molar refractivity (Wildman–Crippen MR) is 106 cm³/mol. The Balaban J connectivity index is 2.01. The highest BCUT2D eigenvalue weighted by molar-refractivity contribution is 5.97. The number of aryl methyl sites for hydroxylation is 1. The van der Waals surface area contributed by atoms with Crippen LogP contribution < -0.4 is 14.8 Å². The van der Waals surface area contributed by atoms with Gasteiger partial charge < -0.3 is 24.3 Å². The number of carbonyl (C=O) groups excluding carboxylic acids is 3. The van der Waals surface area contributed by atoms with Crippen LogP contribution in [0.1, 0.15) is 33.2 Å². The van der Waals surface area contributed by atoms with Crippen LogP contribution in [0.2, 0.25) is 0 Å². The molecule has 0 unspecified atom stereocenters. The predicted octanol–water partition coefficient (Wildman–Crippen LogP) is 2.98. The Morgan fingerprint density at radius 3 is 2.28 bits per heavy atom. The lowest BCUT2D eigenvalue weighted by Crippen LogP contribution is -2.21. The monoisotopic (exact) mass is 401 g/mol. The highest BCUT2D eigenvalue weighted by atomic mass is 16.5. The molecule has 0 aromatic heterocycles. The second-order valence-corrected chi connectivity index (χ2v) is 5.94. The molecule has 2 rings (SSSR count). The van der Waals surface area contributed by atoms with Crippen LogP contribution in [0.5, 0.6) is 11.5 Å². The van der Waals surface area contributed by atoms with Gasteiger partial charge in [0.15, 0.2) is 18.1 Å². The molecule has 0 atom stereocenters. The standard InChI is InChI=1S/C21H23NO7/c1-5-28-18-11-15(8-9-17(18)26-3)21(25)29-12-19(23)22-16-10-14(20(24)27-4)7-6-13(16)2/h6-11H,5,12H2,1-4H3,(H,22,23). The number of nitrogens with one attached hydrogen (secondary N) is 1. The third-order valence-corrected chi connectivity index (χ3v) is 3.97. The lowest BCUT2D eigenvalue weighted by Gasteiger charge is -2.12. The van der Waals surface area contributed by atoms with Crippen molar-refractivity contribution in [3.05, 3.63) is 53.1 Å². The van der Waals surface area contributed by atoms with Gasteiger partial charge in [0.25, 0.3) is 5.91 Å². The van der Waals surface area contributed by atoms with Gasteiger partial charge in [0.1, 0.15) is 0 Å². The SMILES string of the molecule is CCOc1cc(C(=O)OCC(=O)Nc2cc(C(=O)OC)ccc2C)ccc1OC. The van der Waals surface area contributed by atoms with Gasteiger partial charge in [-0.25, -0.2) is 9.59 Å². The molecule has 0 saturated heterocycles. The van der Waals surface area contributed by atoms with E-state index < -0.39 is 24.5 Å². The molecule has 2 aromatic carbocycles. The number of esters is 2. The highest BCUT2D eigenvalue weighted by Crippen LogP contribution is 2.28. The Morgan fingerprint density at radius 2 is 1.62 bits per heavy atom. The molecule has 2 aromatic rings. The normalized spacial score (nSPS) is 10.1. The van der Waals surface area contributed by atoms with Crippen LogP contribution in [-0.4, -0.2) is 45.3 Å². The molecule has 154 valence electrons. The van der Waals surface area contributed by atoms with E-state index in [-0.39, 0.29) is 5.56 Å². The van der Waals surface area contributed by atoms with Crippen molar-refractivity contribution in [3.8, 4) is 11.5 Å². The zero-order valence-electron chi connectivity index (χ0n) is 16.7. The first-order valence-corrected chi connectivity index (χ1v) is 8.86. The molecule has 0 aliphatic rings. The number of rotatable bonds is 8. The van der Waals surface area contributed by atoms with E-state index in [1.165, 1.54) is 32.4 Å². The number of methoxy groups -OCH3 is 2. The first-order chi connectivity index (χ1) is 13.9. The molecule has 0 fully saturated rings. The minimum Gasteiger partial charge on any atom is -0.493 e. The quantitative estimate of drug-likeness (QED) is 0.679. The Bertz CT molecular complexity index is 908. The van der Waals surface area contributed by atoms with E-state index in [0.29, 0.717) is 29.4 Å². The van der Waals surface area contributed by atoms with Crippen molar-refractivity contribution in [2.45, 2.75) is 13.8 Å². The minimum absolute atomic E-state index is 0.228. The van der Waals surface area contributed by atoms with E-state index in [4.69, 9.17) is 14.2 Å². The topological polar surface area (TPSA) is 100 Å². The molecular weight excluding hydrogens is 378 g/mol. The minimum atomic E-state index is -0.677. The fraction of sp³-hybridized carbons (Fsp3) is 0.286. The van der Waals surface area contributed by atoms with Crippen LogP contribution in [0.3, 0.4) is 0 Å². The third kappa shape index (κ3) is 5.71. The largest absolute Gasteiger partial charge is 0.493 e. The molecule has 1 amide bonds. The average Bonchev–Trinajstić information content (AvgIpc) is 2.73. The molecule has 29 heavy (non-hydrogen) atoms. The van der Waals surface area contributed by atoms with Gasteiger partial charge in [-0.1, -0.05) is 6.07 Å². The molecule has 0 aliphatic carbocycles. The van der Waals surface area contributed by atoms with E-state index in [0.717, 1.165) is 5.56 Å². The fourth-order valence-electron chi connectivity index (χ4n) is 2.47. The van der Waals surface area contributed by atoms with Gasteiger partial charge >= 0.3 is 11.9 Å². The van der Waals surface area contributed by atoms with Gasteiger partial charge in [0.2, 0.25) is 0 Å². The highest BCUT2D eigenvalue weighted by Gasteiger charge is 2.15. The third-order valence-electron chi connectivity index (χ3n) is 3.97. The number of benzene rings is 2. The van der Waals surface area contributed by atoms with Crippen molar-refractivity contribution in [2.75, 3.05) is 32.8 Å². The van der Waals surface area contributed by atoms with Crippen LogP contribution in [-0.2, 0) is 14.3 Å². The van der Waals surface area contributed by atoms with Crippen LogP contribution in [0.4, 0.5) is 5.69 Å². The van der Waals surface area contributed by atoms with E-state index in [2.05, 4.69) is 10.1 Å². The van der Waals surface area contributed by atoms with Gasteiger partial charge in [0, 0.05) is 5.69 Å². The van der Waals surface area contributed by atoms with Crippen LogP contribution in [0, 0.1) is 6.92 Å². The van der Waals surface area contributed by atoms with Crippen molar-refractivity contribution < 1.29 is 33.3 Å². The Morgan fingerprint density at radius 1 is 0.931 bits per heavy atom. The molecule has 0 radical (unpaired) electrons. The molecule has 8 heteroatoms. The molecule has 0 bridgehead atoms. The van der Waals surface area contributed by atoms with Gasteiger partial charge in [-0.3, -0.25) is 4.79 Å². The second kappa shape index (κ2) is 10.1. The lowest BCUT2D eigenvalue weighted by atomic mass is 10.1. The van der Waals surface area contributed by atoms with Gasteiger partial charge in [-0.15, -0.1) is 0 Å². The van der Waals surface area contributed by atoms with Crippen LogP contribution in [0.25, 0.3) is 0 Å². The summed E-state index contributed by atoms with van der Waals surface area (Å²) in [7, 11) is 2.77. The molecular formula is C21H23NO7. The molecule has 1 N–H and O–H groups in total. The summed E-state index contributed by atoms with van der Waals surface area (Å²) >= 11 is 0. The summed E-state index contributed by atoms with van der Waals surface area (Å²) in [5.41, 5.74) is 1.70. The maximum atomic E-state index is 12.2. The van der Waals surface area contributed by atoms with Crippen molar-refractivity contribution in [3.63, 3.8) is 0 Å². The van der Waals surface area contributed by atoms with Crippen molar-refractivity contribution in [1.29, 1.82) is 0 Å².